The Balaban J connectivity index is 1.03. The largest absolute Gasteiger partial charge is 0.455 e. The van der Waals surface area contributed by atoms with E-state index in [4.69, 9.17) is 25.8 Å². The number of carbonyl (C=O) groups is 7. The highest BCUT2D eigenvalue weighted by Crippen LogP contribution is 2.32. The first-order valence-electron chi connectivity index (χ1n) is 23.3. The van der Waals surface area contributed by atoms with Gasteiger partial charge in [0.1, 0.15) is 29.3 Å². The first kappa shape index (κ1) is 50.0. The quantitative estimate of drug-likeness (QED) is 0.130. The summed E-state index contributed by atoms with van der Waals surface area (Å²) < 4.78 is 19.1. The molecule has 3 fully saturated rings. The Kier molecular flexibility index (Phi) is 14.5. The molecule has 5 aromatic rings. The second-order valence-corrected chi connectivity index (χ2v) is 19.9. The molecule has 0 aliphatic carbocycles. The molecule has 6 amide bonds. The maximum Gasteiger partial charge on any atom is 0.419 e. The van der Waals surface area contributed by atoms with E-state index in [0.29, 0.717) is 85.1 Å². The molecule has 3 aliphatic heterocycles. The van der Waals surface area contributed by atoms with E-state index in [1.54, 1.807) is 101 Å². The first-order chi connectivity index (χ1) is 33.7. The number of esters is 1. The summed E-state index contributed by atoms with van der Waals surface area (Å²) in [5.41, 5.74) is 0.484. The van der Waals surface area contributed by atoms with Crippen molar-refractivity contribution in [1.29, 1.82) is 0 Å². The minimum absolute atomic E-state index is 0.0228. The molecule has 3 aromatic carbocycles. The van der Waals surface area contributed by atoms with Crippen molar-refractivity contribution in [3.05, 3.63) is 89.3 Å². The number of ether oxygens (including phenoxy) is 3. The molecule has 22 heteroatoms. The topological polar surface area (TPSA) is 233 Å². The lowest BCUT2D eigenvalue weighted by Crippen LogP contribution is -2.60. The predicted molar refractivity (Wildman–Crippen MR) is 260 cm³/mol. The van der Waals surface area contributed by atoms with Crippen molar-refractivity contribution >= 4 is 81.3 Å². The van der Waals surface area contributed by atoms with E-state index < -0.39 is 47.0 Å². The Labute approximate surface area is 414 Å². The zero-order chi connectivity index (χ0) is 50.8. The number of benzene rings is 3. The van der Waals surface area contributed by atoms with Gasteiger partial charge in [-0.05, 0) is 125 Å². The van der Waals surface area contributed by atoms with Gasteiger partial charge >= 0.3 is 29.9 Å². The molecular formula is C49H56ClN11O10. The summed E-state index contributed by atoms with van der Waals surface area (Å²) in [4.78, 5) is 102. The van der Waals surface area contributed by atoms with Gasteiger partial charge in [0.2, 0.25) is 11.8 Å². The van der Waals surface area contributed by atoms with Gasteiger partial charge in [-0.3, -0.25) is 19.2 Å². The van der Waals surface area contributed by atoms with Crippen LogP contribution in [0.25, 0.3) is 16.6 Å². The summed E-state index contributed by atoms with van der Waals surface area (Å²) in [6.45, 7) is 13.2. The molecule has 8 rings (SSSR count). The van der Waals surface area contributed by atoms with Crippen molar-refractivity contribution in [3.8, 4) is 5.69 Å². The van der Waals surface area contributed by atoms with Crippen molar-refractivity contribution in [1.82, 2.24) is 39.5 Å². The molecule has 5 heterocycles. The van der Waals surface area contributed by atoms with Gasteiger partial charge in [-0.25, -0.2) is 19.0 Å². The fraction of sp³-hybridized carbons (Fsp3) is 0.429. The van der Waals surface area contributed by atoms with Gasteiger partial charge in [0.15, 0.2) is 0 Å². The Morgan fingerprint density at radius 3 is 2.11 bits per heavy atom. The zero-order valence-electron chi connectivity index (χ0n) is 40.3. The van der Waals surface area contributed by atoms with Gasteiger partial charge in [-0.15, -0.1) is 5.10 Å². The molecule has 3 aliphatic rings. The van der Waals surface area contributed by atoms with Crippen LogP contribution in [0.15, 0.2) is 73.1 Å². The number of urea groups is 1. The highest BCUT2D eigenvalue weighted by Gasteiger charge is 2.41. The molecule has 2 aromatic heterocycles. The number of morpholine rings is 1. The molecule has 2 N–H and O–H groups in total. The maximum absolute atomic E-state index is 14.6. The van der Waals surface area contributed by atoms with Crippen LogP contribution >= 0.6 is 11.6 Å². The molecule has 374 valence electrons. The minimum Gasteiger partial charge on any atom is -0.455 e. The van der Waals surface area contributed by atoms with Crippen molar-refractivity contribution in [2.45, 2.75) is 78.0 Å². The lowest BCUT2D eigenvalue weighted by Gasteiger charge is -2.38. The van der Waals surface area contributed by atoms with Gasteiger partial charge < -0.3 is 44.4 Å². The second kappa shape index (κ2) is 20.5. The van der Waals surface area contributed by atoms with Crippen LogP contribution in [0.2, 0.25) is 5.02 Å². The highest BCUT2D eigenvalue weighted by molar-refractivity contribution is 6.41. The third-order valence-corrected chi connectivity index (χ3v) is 12.3. The van der Waals surface area contributed by atoms with E-state index in [2.05, 4.69) is 26.2 Å². The van der Waals surface area contributed by atoms with Crippen molar-refractivity contribution in [2.75, 3.05) is 68.0 Å². The Morgan fingerprint density at radius 2 is 1.45 bits per heavy atom. The van der Waals surface area contributed by atoms with Crippen molar-refractivity contribution in [3.63, 3.8) is 0 Å². The van der Waals surface area contributed by atoms with Crippen LogP contribution in [0.4, 0.5) is 26.7 Å². The van der Waals surface area contributed by atoms with Crippen LogP contribution in [-0.2, 0) is 39.8 Å². The van der Waals surface area contributed by atoms with E-state index in [0.717, 1.165) is 4.57 Å². The van der Waals surface area contributed by atoms with E-state index in [9.17, 15) is 33.6 Å². The molecule has 0 bridgehead atoms. The van der Waals surface area contributed by atoms with Crippen LogP contribution in [0.1, 0.15) is 70.4 Å². The van der Waals surface area contributed by atoms with Crippen molar-refractivity contribution < 1.29 is 47.8 Å². The number of nitrogens with zero attached hydrogens (tertiary/aromatic N) is 9. The summed E-state index contributed by atoms with van der Waals surface area (Å²) in [5, 5.41) is 17.8. The molecule has 0 saturated carbocycles. The van der Waals surface area contributed by atoms with Crippen LogP contribution < -0.4 is 15.5 Å². The number of anilines is 3. The molecule has 71 heavy (non-hydrogen) atoms. The number of tetrazole rings is 1. The van der Waals surface area contributed by atoms with Gasteiger partial charge in [0.05, 0.1) is 30.1 Å². The lowest BCUT2D eigenvalue weighted by molar-refractivity contribution is -0.149. The van der Waals surface area contributed by atoms with Crippen LogP contribution in [0.3, 0.4) is 0 Å². The number of halogens is 1. The molecular weight excluding hydrogens is 938 g/mol. The highest BCUT2D eigenvalue weighted by atomic mass is 35.5. The summed E-state index contributed by atoms with van der Waals surface area (Å²) in [6, 6.07) is 16.2. The van der Waals surface area contributed by atoms with E-state index >= 15 is 0 Å². The molecule has 1 atom stereocenters. The molecule has 0 unspecified atom stereocenters. The number of nitrogens with one attached hydrogen (secondary N) is 2. The number of piperazine rings is 1. The zero-order valence-corrected chi connectivity index (χ0v) is 41.1. The van der Waals surface area contributed by atoms with Crippen LogP contribution in [0, 0.1) is 5.92 Å². The molecule has 3 saturated heterocycles. The number of likely N-dealkylation sites (tertiary alicyclic amines) is 1. The third-order valence-electron chi connectivity index (χ3n) is 12.1. The molecule has 21 nitrogen and oxygen atoms in total. The third kappa shape index (κ3) is 11.6. The van der Waals surface area contributed by atoms with Gasteiger partial charge in [0.25, 0.3) is 0 Å². The predicted octanol–water partition coefficient (Wildman–Crippen LogP) is 5.54. The summed E-state index contributed by atoms with van der Waals surface area (Å²) >= 11 is 6.38. The van der Waals surface area contributed by atoms with Crippen molar-refractivity contribution in [2.24, 2.45) is 5.92 Å². The maximum atomic E-state index is 14.6. The normalized spacial score (nSPS) is 16.5. The smallest absolute Gasteiger partial charge is 0.419 e. The number of hydrogen-bond donors (Lipinski definition) is 2. The minimum atomic E-state index is -1.24. The monoisotopic (exact) mass is 993 g/mol. The summed E-state index contributed by atoms with van der Waals surface area (Å²) in [5.74, 6) is -3.32. The number of fused-ring (bicyclic) bond motifs is 1. The fourth-order valence-electron chi connectivity index (χ4n) is 8.72. The number of aromatic nitrogens is 5. The number of rotatable bonds is 10. The molecule has 0 spiro atoms. The number of amides is 6. The van der Waals surface area contributed by atoms with Gasteiger partial charge in [0, 0.05) is 73.4 Å². The first-order valence-corrected chi connectivity index (χ1v) is 23.7. The SMILES string of the molecule is CC(C)(C)OC(=O)c1cc2cc(NC(=O)[C@H](Cc3ccc(NC(=O)N4CCC(C(=O)N5CCOCC5)CC4)cc3)N3CCN(c4cc(Cl)ccc4-n4cnnn4)C(=O)C3=O)ccc2n1C(=O)OC(C)(C)C. The summed E-state index contributed by atoms with van der Waals surface area (Å²) in [6.07, 6.45) is 1.60. The Bertz CT molecular complexity index is 2840. The van der Waals surface area contributed by atoms with E-state index in [1.165, 1.54) is 32.9 Å². The Hall–Kier alpha value is -7.39. The van der Waals surface area contributed by atoms with Crippen LogP contribution in [-0.4, -0.2) is 151 Å². The number of piperidine rings is 1. The van der Waals surface area contributed by atoms with Gasteiger partial charge in [-0.2, -0.15) is 4.68 Å². The van der Waals surface area contributed by atoms with Gasteiger partial charge in [-0.1, -0.05) is 23.7 Å². The molecule has 0 radical (unpaired) electrons. The fourth-order valence-corrected chi connectivity index (χ4v) is 8.89. The number of carbonyl (C=O) groups excluding carboxylic acids is 7. The Morgan fingerprint density at radius 1 is 0.761 bits per heavy atom. The average Bonchev–Trinajstić information content (AvgIpc) is 4.01. The average molecular weight is 995 g/mol. The standard InChI is InChI=1S/C49H56ClN11O10/c1-48(2,3)70-45(66)40-27-32-26-35(12-14-36(32)61(40)47(68)71-49(4,5)6)52-41(62)39(59-20-19-58(43(64)44(59)65)38-28-33(50)9-13-37(38)60-29-51-54-55-60)25-30-7-10-34(11-8-30)53-46(67)57-17-15-31(16-18-57)42(63)56-21-23-69-24-22-56/h7-14,26-29,31,39H,15-25H2,1-6H3,(H,52,62)(H,53,67)/t39-/m0/s1. The lowest BCUT2D eigenvalue weighted by atomic mass is 9.95. The second-order valence-electron chi connectivity index (χ2n) is 19.5. The van der Waals surface area contributed by atoms with Crippen LogP contribution in [0.5, 0.6) is 0 Å². The van der Waals surface area contributed by atoms with E-state index in [1.807, 2.05) is 4.90 Å². The number of hydrogen-bond acceptors (Lipinski definition) is 13. The van der Waals surface area contributed by atoms with E-state index in [-0.39, 0.29) is 54.4 Å². The summed E-state index contributed by atoms with van der Waals surface area (Å²) in [7, 11) is 0.